The van der Waals surface area contributed by atoms with Crippen LogP contribution in [0, 0.1) is 5.92 Å². The Kier molecular flexibility index (Phi) is 6.14. The van der Waals surface area contributed by atoms with Crippen LogP contribution in [0.3, 0.4) is 0 Å². The second-order valence-electron chi connectivity index (χ2n) is 8.34. The number of thiazole rings is 1. The lowest BCUT2D eigenvalue weighted by Gasteiger charge is -2.33. The smallest absolute Gasteiger partial charge is 0.237 e. The van der Waals surface area contributed by atoms with Crippen LogP contribution in [0.4, 0.5) is 10.8 Å². The lowest BCUT2D eigenvalue weighted by molar-refractivity contribution is -0.122. The molecule has 1 fully saturated rings. The molecule has 1 aromatic heterocycles. The summed E-state index contributed by atoms with van der Waals surface area (Å²) in [4.78, 5) is 20.1. The highest BCUT2D eigenvalue weighted by Gasteiger charge is 2.34. The van der Waals surface area contributed by atoms with Crippen molar-refractivity contribution < 1.29 is 13.2 Å². The average molecular weight is 458 g/mol. The summed E-state index contributed by atoms with van der Waals surface area (Å²) in [5, 5.41) is 0.611. The fourth-order valence-electron chi connectivity index (χ4n) is 3.92. The number of sulfonamides is 1. The molecule has 0 aliphatic carbocycles. The van der Waals surface area contributed by atoms with Gasteiger partial charge in [-0.15, -0.1) is 0 Å². The molecule has 0 N–H and O–H groups in total. The van der Waals surface area contributed by atoms with E-state index < -0.39 is 15.9 Å². The minimum atomic E-state index is -3.33. The van der Waals surface area contributed by atoms with Crippen LogP contribution in [0.2, 0.25) is 0 Å². The first-order valence-corrected chi connectivity index (χ1v) is 13.1. The third-order valence-corrected chi connectivity index (χ3v) is 8.01. The molecule has 8 heteroatoms. The van der Waals surface area contributed by atoms with Gasteiger partial charge in [0.2, 0.25) is 15.9 Å². The van der Waals surface area contributed by atoms with Crippen molar-refractivity contribution in [3.05, 3.63) is 54.1 Å². The maximum atomic E-state index is 13.7. The normalized spacial score (nSPS) is 17.9. The van der Waals surface area contributed by atoms with E-state index >= 15 is 0 Å². The Bertz CT molecular complexity index is 1150. The maximum absolute atomic E-state index is 13.7. The van der Waals surface area contributed by atoms with Crippen LogP contribution in [0.5, 0.6) is 0 Å². The van der Waals surface area contributed by atoms with Gasteiger partial charge in [0.25, 0.3) is 0 Å². The molecular weight excluding hydrogens is 430 g/mol. The minimum Gasteiger partial charge on any atom is -0.274 e. The second-order valence-corrected chi connectivity index (χ2v) is 11.3. The molecule has 164 valence electrons. The van der Waals surface area contributed by atoms with Crippen LogP contribution in [0.1, 0.15) is 38.2 Å². The van der Waals surface area contributed by atoms with Gasteiger partial charge in [-0.1, -0.05) is 49.4 Å². The number of para-hydroxylation sites is 1. The molecule has 0 bridgehead atoms. The zero-order valence-corrected chi connectivity index (χ0v) is 19.6. The van der Waals surface area contributed by atoms with E-state index in [2.05, 4.69) is 13.8 Å². The molecule has 0 saturated carbocycles. The molecule has 6 nitrogen and oxygen atoms in total. The van der Waals surface area contributed by atoms with E-state index in [9.17, 15) is 13.2 Å². The van der Waals surface area contributed by atoms with Gasteiger partial charge in [0.1, 0.15) is 0 Å². The van der Waals surface area contributed by atoms with Gasteiger partial charge < -0.3 is 0 Å². The van der Waals surface area contributed by atoms with E-state index in [0.29, 0.717) is 30.4 Å². The van der Waals surface area contributed by atoms with E-state index in [0.717, 1.165) is 15.9 Å². The van der Waals surface area contributed by atoms with Gasteiger partial charge in [-0.3, -0.25) is 9.69 Å². The SMILES string of the molecule is CC(C)c1ccc(N(C(=O)C2CCCN(S(C)(=O)=O)C2)c2nc3ccccc3s2)cc1. The van der Waals surface area contributed by atoms with Crippen LogP contribution in [0.25, 0.3) is 10.2 Å². The summed E-state index contributed by atoms with van der Waals surface area (Å²) in [6.45, 7) is 4.94. The number of carbonyl (C=O) groups excluding carboxylic acids is 1. The maximum Gasteiger partial charge on any atom is 0.237 e. The summed E-state index contributed by atoms with van der Waals surface area (Å²) in [5.41, 5.74) is 2.80. The summed E-state index contributed by atoms with van der Waals surface area (Å²) in [7, 11) is -3.33. The largest absolute Gasteiger partial charge is 0.274 e. The molecule has 1 atom stereocenters. The highest BCUT2D eigenvalue weighted by Crippen LogP contribution is 2.36. The minimum absolute atomic E-state index is 0.107. The number of aromatic nitrogens is 1. The Hall–Kier alpha value is -2.29. The first-order chi connectivity index (χ1) is 14.7. The van der Waals surface area contributed by atoms with Crippen LogP contribution in [-0.4, -0.2) is 43.0 Å². The van der Waals surface area contributed by atoms with Crippen LogP contribution < -0.4 is 4.90 Å². The van der Waals surface area contributed by atoms with Gasteiger partial charge in [-0.25, -0.2) is 17.7 Å². The van der Waals surface area contributed by atoms with Crippen molar-refractivity contribution in [2.75, 3.05) is 24.2 Å². The molecule has 3 aromatic rings. The third kappa shape index (κ3) is 4.66. The van der Waals surface area contributed by atoms with Gasteiger partial charge >= 0.3 is 0 Å². The Morgan fingerprint density at radius 2 is 1.87 bits per heavy atom. The fourth-order valence-corrected chi connectivity index (χ4v) is 5.83. The molecular formula is C23H27N3O3S2. The summed E-state index contributed by atoms with van der Waals surface area (Å²) in [6.07, 6.45) is 2.54. The lowest BCUT2D eigenvalue weighted by atomic mass is 9.97. The first kappa shape index (κ1) is 21.9. The molecule has 0 spiro atoms. The predicted molar refractivity (Wildman–Crippen MR) is 126 cm³/mol. The molecule has 31 heavy (non-hydrogen) atoms. The number of hydrogen-bond acceptors (Lipinski definition) is 5. The van der Waals surface area contributed by atoms with E-state index in [1.165, 1.54) is 27.5 Å². The zero-order chi connectivity index (χ0) is 22.2. The van der Waals surface area contributed by atoms with Crippen LogP contribution >= 0.6 is 11.3 Å². The average Bonchev–Trinajstić information content (AvgIpc) is 3.17. The van der Waals surface area contributed by atoms with Crippen molar-refractivity contribution in [1.82, 2.24) is 9.29 Å². The van der Waals surface area contributed by atoms with Crippen molar-refractivity contribution in [2.24, 2.45) is 5.92 Å². The standard InChI is InChI=1S/C23H27N3O3S2/c1-16(2)17-10-12-19(13-11-17)26(23-24-20-8-4-5-9-21(20)30-23)22(27)18-7-6-14-25(15-18)31(3,28)29/h4-5,8-13,16,18H,6-7,14-15H2,1-3H3. The Morgan fingerprint density at radius 1 is 1.16 bits per heavy atom. The summed E-state index contributed by atoms with van der Waals surface area (Å²) < 4.78 is 26.6. The van der Waals surface area contributed by atoms with Gasteiger partial charge in [0.15, 0.2) is 5.13 Å². The van der Waals surface area contributed by atoms with Crippen molar-refractivity contribution in [1.29, 1.82) is 0 Å². The molecule has 1 unspecified atom stereocenters. The molecule has 2 heterocycles. The van der Waals surface area contributed by atoms with Gasteiger partial charge in [-0.05, 0) is 48.6 Å². The van der Waals surface area contributed by atoms with Gasteiger partial charge in [-0.2, -0.15) is 0 Å². The zero-order valence-electron chi connectivity index (χ0n) is 18.0. The number of carbonyl (C=O) groups is 1. The molecule has 2 aromatic carbocycles. The van der Waals surface area contributed by atoms with Crippen molar-refractivity contribution in [3.63, 3.8) is 0 Å². The number of anilines is 2. The topological polar surface area (TPSA) is 70.6 Å². The second kappa shape index (κ2) is 8.68. The molecule has 1 aliphatic heterocycles. The highest BCUT2D eigenvalue weighted by atomic mass is 32.2. The number of amides is 1. The number of piperidine rings is 1. The van der Waals surface area contributed by atoms with Gasteiger partial charge in [0.05, 0.1) is 28.1 Å². The monoisotopic (exact) mass is 457 g/mol. The molecule has 0 radical (unpaired) electrons. The molecule has 1 amide bonds. The molecule has 4 rings (SSSR count). The van der Waals surface area contributed by atoms with Gasteiger partial charge in [0, 0.05) is 13.1 Å². The Morgan fingerprint density at radius 3 is 2.52 bits per heavy atom. The number of benzene rings is 2. The number of hydrogen-bond donors (Lipinski definition) is 0. The fraction of sp³-hybridized carbons (Fsp3) is 0.391. The van der Waals surface area contributed by atoms with Crippen molar-refractivity contribution in [2.45, 2.75) is 32.6 Å². The van der Waals surface area contributed by atoms with Crippen LogP contribution in [-0.2, 0) is 14.8 Å². The van der Waals surface area contributed by atoms with Crippen molar-refractivity contribution >= 4 is 48.3 Å². The van der Waals surface area contributed by atoms with Crippen LogP contribution in [0.15, 0.2) is 48.5 Å². The first-order valence-electron chi connectivity index (χ1n) is 10.5. The van der Waals surface area contributed by atoms with E-state index in [1.54, 1.807) is 4.90 Å². The quantitative estimate of drug-likeness (QED) is 0.554. The van der Waals surface area contributed by atoms with Crippen molar-refractivity contribution in [3.8, 4) is 0 Å². The Balaban J connectivity index is 1.73. The Labute approximate surface area is 187 Å². The summed E-state index contributed by atoms with van der Waals surface area (Å²) >= 11 is 1.47. The third-order valence-electron chi connectivity index (χ3n) is 5.71. The number of fused-ring (bicyclic) bond motifs is 1. The number of nitrogens with zero attached hydrogens (tertiary/aromatic N) is 3. The van der Waals surface area contributed by atoms with E-state index in [4.69, 9.17) is 4.98 Å². The van der Waals surface area contributed by atoms with E-state index in [-0.39, 0.29) is 12.5 Å². The summed E-state index contributed by atoms with van der Waals surface area (Å²) in [6, 6.07) is 15.8. The number of rotatable bonds is 5. The molecule has 1 saturated heterocycles. The summed E-state index contributed by atoms with van der Waals surface area (Å²) in [5.74, 6) is -0.118. The van der Waals surface area contributed by atoms with E-state index in [1.807, 2.05) is 48.5 Å². The predicted octanol–water partition coefficient (Wildman–Crippen LogP) is 4.76. The highest BCUT2D eigenvalue weighted by molar-refractivity contribution is 7.88. The lowest BCUT2D eigenvalue weighted by Crippen LogP contribution is -2.45. The molecule has 1 aliphatic rings.